The number of benzene rings is 1. The molecule has 104 valence electrons. The topological polar surface area (TPSA) is 53.6 Å². The van der Waals surface area contributed by atoms with E-state index >= 15 is 0 Å². The van der Waals surface area contributed by atoms with Crippen molar-refractivity contribution in [3.63, 3.8) is 0 Å². The van der Waals surface area contributed by atoms with E-state index in [1.54, 1.807) is 6.07 Å². The number of nitrogens with two attached hydrogens (primary N) is 1. The molecule has 0 spiro atoms. The first kappa shape index (κ1) is 13.8. The van der Waals surface area contributed by atoms with Crippen molar-refractivity contribution in [2.75, 3.05) is 11.4 Å². The fourth-order valence-corrected chi connectivity index (χ4v) is 2.49. The minimum Gasteiger partial charge on any atom is -0.312 e. The zero-order chi connectivity index (χ0) is 13.7. The first-order valence-electron chi connectivity index (χ1n) is 6.82. The van der Waals surface area contributed by atoms with Crippen LogP contribution in [0.15, 0.2) is 29.3 Å². The molecule has 0 radical (unpaired) electrons. The molecule has 3 N–H and O–H groups in total. The normalized spacial score (nSPS) is 16.7. The summed E-state index contributed by atoms with van der Waals surface area (Å²) in [5.41, 5.74) is 3.41. The summed E-state index contributed by atoms with van der Waals surface area (Å²) in [5, 5.41) is 0. The molecule has 0 bridgehead atoms. The van der Waals surface area contributed by atoms with Gasteiger partial charge < -0.3 is 4.90 Å². The second-order valence-corrected chi connectivity index (χ2v) is 4.76. The van der Waals surface area contributed by atoms with Gasteiger partial charge in [-0.2, -0.15) is 0 Å². The van der Waals surface area contributed by atoms with Crippen LogP contribution in [-0.2, 0) is 0 Å². The van der Waals surface area contributed by atoms with Crippen molar-refractivity contribution in [3.05, 3.63) is 30.1 Å². The van der Waals surface area contributed by atoms with Gasteiger partial charge in [-0.25, -0.2) is 15.2 Å². The Labute approximate surface area is 113 Å². The zero-order valence-corrected chi connectivity index (χ0v) is 11.3. The average molecular weight is 264 g/mol. The van der Waals surface area contributed by atoms with Gasteiger partial charge in [0, 0.05) is 12.2 Å². The minimum atomic E-state index is -0.256. The third-order valence-corrected chi connectivity index (χ3v) is 3.45. The van der Waals surface area contributed by atoms with E-state index in [0.29, 0.717) is 18.5 Å². The molecular weight excluding hydrogens is 243 g/mol. The van der Waals surface area contributed by atoms with E-state index in [-0.39, 0.29) is 5.82 Å². The van der Waals surface area contributed by atoms with Crippen molar-refractivity contribution in [2.24, 2.45) is 10.8 Å². The van der Waals surface area contributed by atoms with Gasteiger partial charge in [-0.3, -0.25) is 5.43 Å². The highest BCUT2D eigenvalue weighted by molar-refractivity contribution is 5.95. The predicted molar refractivity (Wildman–Crippen MR) is 76.4 cm³/mol. The molecular formula is C14H21FN4. The number of nitrogens with zero attached hydrogens (tertiary/aromatic N) is 2. The Balaban J connectivity index is 2.22. The summed E-state index contributed by atoms with van der Waals surface area (Å²) in [5.74, 6) is 5.94. The maximum absolute atomic E-state index is 13.3. The van der Waals surface area contributed by atoms with Crippen molar-refractivity contribution in [2.45, 2.75) is 38.6 Å². The van der Waals surface area contributed by atoms with E-state index in [4.69, 9.17) is 5.84 Å². The van der Waals surface area contributed by atoms with Crippen molar-refractivity contribution in [1.82, 2.24) is 5.43 Å². The largest absolute Gasteiger partial charge is 0.312 e. The second-order valence-electron chi connectivity index (χ2n) is 4.76. The Kier molecular flexibility index (Phi) is 4.74. The maximum Gasteiger partial charge on any atom is 0.213 e. The quantitative estimate of drug-likeness (QED) is 0.381. The molecule has 0 unspecified atom stereocenters. The standard InChI is InChI=1S/C14H21FN4/c1-2-19(13-9-5-6-11(15)10-13)14(18-16)17-12-7-3-4-8-12/h5-6,9-10,12H,2-4,7-8,16H2,1H3,(H,17,18). The first-order valence-corrected chi connectivity index (χ1v) is 6.82. The predicted octanol–water partition coefficient (Wildman–Crippen LogP) is 2.41. The van der Waals surface area contributed by atoms with Gasteiger partial charge in [-0.05, 0) is 38.0 Å². The minimum absolute atomic E-state index is 0.256. The fourth-order valence-electron chi connectivity index (χ4n) is 2.49. The summed E-state index contributed by atoms with van der Waals surface area (Å²) < 4.78 is 13.3. The number of anilines is 1. The highest BCUT2D eigenvalue weighted by Crippen LogP contribution is 2.22. The molecule has 0 heterocycles. The summed E-state index contributed by atoms with van der Waals surface area (Å²) >= 11 is 0. The molecule has 2 rings (SSSR count). The van der Waals surface area contributed by atoms with Gasteiger partial charge in [0.15, 0.2) is 0 Å². The van der Waals surface area contributed by atoms with Gasteiger partial charge in [-0.15, -0.1) is 0 Å². The first-order chi connectivity index (χ1) is 9.24. The molecule has 1 fully saturated rings. The summed E-state index contributed by atoms with van der Waals surface area (Å²) in [6.45, 7) is 2.67. The molecule has 0 saturated heterocycles. The molecule has 19 heavy (non-hydrogen) atoms. The molecule has 1 aliphatic rings. The van der Waals surface area contributed by atoms with E-state index in [1.165, 1.54) is 25.0 Å². The Morgan fingerprint density at radius 1 is 1.47 bits per heavy atom. The Morgan fingerprint density at radius 2 is 2.21 bits per heavy atom. The van der Waals surface area contributed by atoms with Crippen LogP contribution in [0.1, 0.15) is 32.6 Å². The van der Waals surface area contributed by atoms with Crippen LogP contribution in [-0.4, -0.2) is 18.5 Å². The molecule has 4 nitrogen and oxygen atoms in total. The van der Waals surface area contributed by atoms with Gasteiger partial charge in [0.2, 0.25) is 5.96 Å². The van der Waals surface area contributed by atoms with E-state index in [2.05, 4.69) is 10.4 Å². The molecule has 0 atom stereocenters. The summed E-state index contributed by atoms with van der Waals surface area (Å²) in [4.78, 5) is 6.55. The lowest BCUT2D eigenvalue weighted by Gasteiger charge is -2.25. The van der Waals surface area contributed by atoms with Crippen molar-refractivity contribution >= 4 is 11.6 Å². The molecule has 5 heteroatoms. The summed E-state index contributed by atoms with van der Waals surface area (Å²) in [6.07, 6.45) is 4.65. The van der Waals surface area contributed by atoms with Crippen LogP contribution < -0.4 is 16.2 Å². The van der Waals surface area contributed by atoms with Crippen LogP contribution >= 0.6 is 0 Å². The highest BCUT2D eigenvalue weighted by Gasteiger charge is 2.18. The number of guanidine groups is 1. The van der Waals surface area contributed by atoms with Crippen LogP contribution in [0, 0.1) is 5.82 Å². The molecule has 0 aromatic heterocycles. The van der Waals surface area contributed by atoms with Crippen molar-refractivity contribution in [3.8, 4) is 0 Å². The number of hydrazine groups is 1. The summed E-state index contributed by atoms with van der Waals surface area (Å²) in [7, 11) is 0. The Hall–Kier alpha value is -1.62. The average Bonchev–Trinajstić information content (AvgIpc) is 2.91. The lowest BCUT2D eigenvalue weighted by atomic mass is 10.2. The smallest absolute Gasteiger partial charge is 0.213 e. The zero-order valence-electron chi connectivity index (χ0n) is 11.3. The second kappa shape index (κ2) is 6.52. The fraction of sp³-hybridized carbons (Fsp3) is 0.500. The lowest BCUT2D eigenvalue weighted by molar-refractivity contribution is 0.627. The van der Waals surface area contributed by atoms with E-state index in [0.717, 1.165) is 18.5 Å². The lowest BCUT2D eigenvalue weighted by Crippen LogP contribution is -2.45. The maximum atomic E-state index is 13.3. The molecule has 1 aliphatic carbocycles. The SMILES string of the molecule is CCN(C(=NC1CCCC1)NN)c1cccc(F)c1. The van der Waals surface area contributed by atoms with Crippen molar-refractivity contribution < 1.29 is 4.39 Å². The number of nitrogens with one attached hydrogen (secondary N) is 1. The van der Waals surface area contributed by atoms with Gasteiger partial charge in [0.25, 0.3) is 0 Å². The van der Waals surface area contributed by atoms with Crippen LogP contribution in [0.3, 0.4) is 0 Å². The molecule has 1 aromatic rings. The van der Waals surface area contributed by atoms with Crippen LogP contribution in [0.5, 0.6) is 0 Å². The molecule has 1 aromatic carbocycles. The monoisotopic (exact) mass is 264 g/mol. The molecule has 1 saturated carbocycles. The number of halogens is 1. The highest BCUT2D eigenvalue weighted by atomic mass is 19.1. The van der Waals surface area contributed by atoms with Crippen LogP contribution in [0.2, 0.25) is 0 Å². The van der Waals surface area contributed by atoms with Gasteiger partial charge in [0.1, 0.15) is 5.82 Å². The van der Waals surface area contributed by atoms with E-state index in [9.17, 15) is 4.39 Å². The van der Waals surface area contributed by atoms with E-state index in [1.807, 2.05) is 17.9 Å². The van der Waals surface area contributed by atoms with Gasteiger partial charge >= 0.3 is 0 Å². The Bertz CT molecular complexity index is 441. The van der Waals surface area contributed by atoms with Crippen molar-refractivity contribution in [1.29, 1.82) is 0 Å². The third-order valence-electron chi connectivity index (χ3n) is 3.45. The Morgan fingerprint density at radius 3 is 2.79 bits per heavy atom. The number of hydrogen-bond donors (Lipinski definition) is 2. The number of aliphatic imine (C=N–C) groups is 1. The summed E-state index contributed by atoms with van der Waals surface area (Å²) in [6, 6.07) is 6.80. The molecule has 0 amide bonds. The van der Waals surface area contributed by atoms with Gasteiger partial charge in [-0.1, -0.05) is 18.9 Å². The van der Waals surface area contributed by atoms with Crippen LogP contribution in [0.4, 0.5) is 10.1 Å². The number of rotatable bonds is 3. The van der Waals surface area contributed by atoms with Gasteiger partial charge in [0.05, 0.1) is 6.04 Å². The van der Waals surface area contributed by atoms with E-state index < -0.39 is 0 Å². The molecule has 0 aliphatic heterocycles. The van der Waals surface area contributed by atoms with Crippen LogP contribution in [0.25, 0.3) is 0 Å². The third kappa shape index (κ3) is 3.44. The number of hydrogen-bond acceptors (Lipinski definition) is 2.